The molecule has 0 amide bonds. The molecule has 1 aromatic heterocycles. The minimum absolute atomic E-state index is 0.0246. The van der Waals surface area contributed by atoms with Gasteiger partial charge >= 0.3 is 0 Å². The molecule has 104 valence electrons. The fourth-order valence-electron chi connectivity index (χ4n) is 1.76. The third kappa shape index (κ3) is 2.97. The summed E-state index contributed by atoms with van der Waals surface area (Å²) in [5.74, 6) is 0.589. The second kappa shape index (κ2) is 5.34. The summed E-state index contributed by atoms with van der Waals surface area (Å²) in [4.78, 5) is 14.1. The molecule has 0 bridgehead atoms. The zero-order chi connectivity index (χ0) is 14.9. The van der Waals surface area contributed by atoms with E-state index in [9.17, 15) is 10.1 Å². The van der Waals surface area contributed by atoms with E-state index in [1.54, 1.807) is 12.1 Å². The first kappa shape index (κ1) is 14.1. The number of nitrogens with two attached hydrogens (primary N) is 1. The molecule has 2 N–H and O–H groups in total. The average molecular weight is 294 g/mol. The predicted molar refractivity (Wildman–Crippen MR) is 76.3 cm³/mol. The molecule has 0 saturated heterocycles. The number of rotatable bonds is 3. The Kier molecular flexibility index (Phi) is 3.76. The second-order valence-corrected chi connectivity index (χ2v) is 4.70. The molecular formula is C13H12ClN3O3. The van der Waals surface area contributed by atoms with Crippen LogP contribution in [0.5, 0.6) is 11.6 Å². The molecule has 0 atom stereocenters. The van der Waals surface area contributed by atoms with E-state index in [0.717, 1.165) is 11.1 Å². The van der Waals surface area contributed by atoms with E-state index in [1.165, 1.54) is 12.1 Å². The third-order valence-corrected chi connectivity index (χ3v) is 3.25. The number of hydrogen-bond acceptors (Lipinski definition) is 5. The quantitative estimate of drug-likeness (QED) is 0.689. The lowest BCUT2D eigenvalue weighted by Gasteiger charge is -2.09. The Balaban J connectivity index is 2.37. The maximum Gasteiger partial charge on any atom is 0.278 e. The zero-order valence-corrected chi connectivity index (χ0v) is 11.6. The number of aromatic nitrogens is 1. The van der Waals surface area contributed by atoms with Crippen LogP contribution in [0.2, 0.25) is 5.02 Å². The van der Waals surface area contributed by atoms with Crippen molar-refractivity contribution in [2.45, 2.75) is 13.8 Å². The van der Waals surface area contributed by atoms with E-state index < -0.39 is 4.92 Å². The van der Waals surface area contributed by atoms with Crippen molar-refractivity contribution >= 4 is 23.1 Å². The van der Waals surface area contributed by atoms with E-state index in [0.29, 0.717) is 10.8 Å². The molecule has 2 rings (SSSR count). The van der Waals surface area contributed by atoms with E-state index in [4.69, 9.17) is 22.1 Å². The SMILES string of the molecule is Cc1cc(Oc2cc([N+](=O)[O-])cc(N)n2)cc(C)c1Cl. The van der Waals surface area contributed by atoms with Gasteiger partial charge in [-0.25, -0.2) is 0 Å². The van der Waals surface area contributed by atoms with Gasteiger partial charge in [-0.2, -0.15) is 4.98 Å². The lowest BCUT2D eigenvalue weighted by molar-refractivity contribution is -0.384. The zero-order valence-electron chi connectivity index (χ0n) is 10.9. The van der Waals surface area contributed by atoms with Gasteiger partial charge in [0, 0.05) is 5.02 Å². The Labute approximate surface area is 120 Å². The summed E-state index contributed by atoms with van der Waals surface area (Å²) < 4.78 is 5.51. The fraction of sp³-hybridized carbons (Fsp3) is 0.154. The van der Waals surface area contributed by atoms with Gasteiger partial charge in [-0.1, -0.05) is 11.6 Å². The topological polar surface area (TPSA) is 91.3 Å². The van der Waals surface area contributed by atoms with Crippen molar-refractivity contribution in [1.82, 2.24) is 4.98 Å². The minimum Gasteiger partial charge on any atom is -0.439 e. The highest BCUT2D eigenvalue weighted by atomic mass is 35.5. The van der Waals surface area contributed by atoms with Crippen molar-refractivity contribution in [3.63, 3.8) is 0 Å². The van der Waals surface area contributed by atoms with Crippen molar-refractivity contribution in [3.05, 3.63) is 50.5 Å². The average Bonchev–Trinajstić information content (AvgIpc) is 2.35. The Morgan fingerprint density at radius 3 is 2.40 bits per heavy atom. The van der Waals surface area contributed by atoms with Gasteiger partial charge in [0.2, 0.25) is 5.88 Å². The van der Waals surface area contributed by atoms with Gasteiger partial charge < -0.3 is 10.5 Å². The lowest BCUT2D eigenvalue weighted by atomic mass is 10.1. The number of nitrogen functional groups attached to an aromatic ring is 1. The van der Waals surface area contributed by atoms with Crippen molar-refractivity contribution < 1.29 is 9.66 Å². The summed E-state index contributed by atoms with van der Waals surface area (Å²) in [6, 6.07) is 5.85. The van der Waals surface area contributed by atoms with Gasteiger partial charge in [0.25, 0.3) is 5.69 Å². The summed E-state index contributed by atoms with van der Waals surface area (Å²) in [6.07, 6.45) is 0. The molecule has 0 fully saturated rings. The van der Waals surface area contributed by atoms with Crippen molar-refractivity contribution in [2.24, 2.45) is 0 Å². The molecule has 1 aromatic carbocycles. The van der Waals surface area contributed by atoms with Gasteiger partial charge in [0.1, 0.15) is 11.6 Å². The molecule has 0 saturated carbocycles. The van der Waals surface area contributed by atoms with Gasteiger partial charge in [-0.05, 0) is 37.1 Å². The first-order valence-electron chi connectivity index (χ1n) is 5.73. The number of benzene rings is 1. The molecule has 2 aromatic rings. The minimum atomic E-state index is -0.552. The first-order chi connectivity index (χ1) is 9.36. The molecule has 0 radical (unpaired) electrons. The van der Waals surface area contributed by atoms with Crippen LogP contribution < -0.4 is 10.5 Å². The number of hydrogen-bond donors (Lipinski definition) is 1. The molecule has 0 spiro atoms. The van der Waals surface area contributed by atoms with Gasteiger partial charge in [-0.3, -0.25) is 10.1 Å². The first-order valence-corrected chi connectivity index (χ1v) is 6.11. The molecule has 1 heterocycles. The summed E-state index contributed by atoms with van der Waals surface area (Å²) in [7, 11) is 0. The van der Waals surface area contributed by atoms with Crippen LogP contribution in [0.25, 0.3) is 0 Å². The highest BCUT2D eigenvalue weighted by Gasteiger charge is 2.12. The van der Waals surface area contributed by atoms with Crippen molar-refractivity contribution in [1.29, 1.82) is 0 Å². The molecule has 0 aliphatic rings. The van der Waals surface area contributed by atoms with E-state index >= 15 is 0 Å². The third-order valence-electron chi connectivity index (χ3n) is 2.65. The molecule has 0 aliphatic heterocycles. The number of nitro groups is 1. The molecule has 0 unspecified atom stereocenters. The highest BCUT2D eigenvalue weighted by molar-refractivity contribution is 6.32. The Hall–Kier alpha value is -2.34. The number of halogens is 1. The fourth-order valence-corrected chi connectivity index (χ4v) is 1.86. The molecule has 20 heavy (non-hydrogen) atoms. The molecular weight excluding hydrogens is 282 g/mol. The van der Waals surface area contributed by atoms with Crippen molar-refractivity contribution in [3.8, 4) is 11.6 Å². The van der Waals surface area contributed by atoms with Crippen LogP contribution in [0.15, 0.2) is 24.3 Å². The van der Waals surface area contributed by atoms with Crippen LogP contribution in [0, 0.1) is 24.0 Å². The Morgan fingerprint density at radius 2 is 1.85 bits per heavy atom. The summed E-state index contributed by atoms with van der Waals surface area (Å²) in [5.41, 5.74) is 7.04. The maximum atomic E-state index is 10.8. The summed E-state index contributed by atoms with van der Waals surface area (Å²) >= 11 is 6.06. The number of ether oxygens (including phenoxy) is 1. The van der Waals surface area contributed by atoms with Gasteiger partial charge in [-0.15, -0.1) is 0 Å². The van der Waals surface area contributed by atoms with Crippen molar-refractivity contribution in [2.75, 3.05) is 5.73 Å². The molecule has 7 heteroatoms. The van der Waals surface area contributed by atoms with Crippen LogP contribution in [-0.2, 0) is 0 Å². The van der Waals surface area contributed by atoms with Gasteiger partial charge in [0.15, 0.2) is 0 Å². The number of nitrogens with zero attached hydrogens (tertiary/aromatic N) is 2. The number of anilines is 1. The van der Waals surface area contributed by atoms with E-state index in [-0.39, 0.29) is 17.4 Å². The molecule has 6 nitrogen and oxygen atoms in total. The number of pyridine rings is 1. The summed E-state index contributed by atoms with van der Waals surface area (Å²) in [6.45, 7) is 3.69. The summed E-state index contributed by atoms with van der Waals surface area (Å²) in [5, 5.41) is 11.4. The largest absolute Gasteiger partial charge is 0.439 e. The molecule has 0 aliphatic carbocycles. The maximum absolute atomic E-state index is 10.8. The Bertz CT molecular complexity index is 666. The van der Waals surface area contributed by atoms with Crippen LogP contribution in [0.3, 0.4) is 0 Å². The Morgan fingerprint density at radius 1 is 1.25 bits per heavy atom. The van der Waals surface area contributed by atoms with Crippen LogP contribution in [0.1, 0.15) is 11.1 Å². The lowest BCUT2D eigenvalue weighted by Crippen LogP contribution is -1.97. The monoisotopic (exact) mass is 293 g/mol. The van der Waals surface area contributed by atoms with E-state index in [2.05, 4.69) is 4.98 Å². The van der Waals surface area contributed by atoms with Crippen LogP contribution in [-0.4, -0.2) is 9.91 Å². The smallest absolute Gasteiger partial charge is 0.278 e. The highest BCUT2D eigenvalue weighted by Crippen LogP contribution is 2.30. The predicted octanol–water partition coefficient (Wildman–Crippen LogP) is 3.63. The van der Waals surface area contributed by atoms with E-state index in [1.807, 2.05) is 13.8 Å². The standard InChI is InChI=1S/C13H12ClN3O3/c1-7-3-10(4-8(2)13(7)14)20-12-6-9(17(18)19)5-11(15)16-12/h3-6H,1-2H3,(H2,15,16). The normalized spacial score (nSPS) is 10.3. The number of aryl methyl sites for hydroxylation is 2. The second-order valence-electron chi connectivity index (χ2n) is 4.32. The van der Waals surface area contributed by atoms with Crippen LogP contribution >= 0.6 is 11.6 Å². The van der Waals surface area contributed by atoms with Gasteiger partial charge in [0.05, 0.1) is 17.1 Å². The van der Waals surface area contributed by atoms with Crippen LogP contribution in [0.4, 0.5) is 11.5 Å².